The summed E-state index contributed by atoms with van der Waals surface area (Å²) < 4.78 is 19.4. The molecule has 0 spiro atoms. The van der Waals surface area contributed by atoms with Crippen LogP contribution in [0.5, 0.6) is 5.75 Å². The highest BCUT2D eigenvalue weighted by atomic mass is 32.1. The second kappa shape index (κ2) is 8.86. The first-order valence-electron chi connectivity index (χ1n) is 10.5. The summed E-state index contributed by atoms with van der Waals surface area (Å²) >= 11 is 1.01. The summed E-state index contributed by atoms with van der Waals surface area (Å²) in [6.45, 7) is 0. The van der Waals surface area contributed by atoms with Gasteiger partial charge in [-0.3, -0.25) is 24.6 Å². The van der Waals surface area contributed by atoms with Gasteiger partial charge in [-0.15, -0.1) is 0 Å². The van der Waals surface area contributed by atoms with Gasteiger partial charge in [-0.1, -0.05) is 23.5 Å². The number of aliphatic hydroxyl groups excluding tert-OH is 1. The number of nitro benzene ring substituents is 1. The molecular formula is C25H16FN3O6S. The summed E-state index contributed by atoms with van der Waals surface area (Å²) in [6, 6.07) is 14.5. The van der Waals surface area contributed by atoms with E-state index < -0.39 is 34.2 Å². The number of rotatable bonds is 5. The molecule has 1 aromatic heterocycles. The predicted octanol–water partition coefficient (Wildman–Crippen LogP) is 4.98. The quantitative estimate of drug-likeness (QED) is 0.133. The number of ketones is 1. The number of carbonyl (C=O) groups is 2. The van der Waals surface area contributed by atoms with E-state index in [0.717, 1.165) is 16.2 Å². The van der Waals surface area contributed by atoms with Crippen LogP contribution >= 0.6 is 11.3 Å². The van der Waals surface area contributed by atoms with E-state index in [-0.39, 0.29) is 22.0 Å². The summed E-state index contributed by atoms with van der Waals surface area (Å²) in [5.41, 5.74) is 0.611. The maximum atomic E-state index is 13.8. The molecule has 1 unspecified atom stereocenters. The molecule has 11 heteroatoms. The molecule has 5 rings (SSSR count). The van der Waals surface area contributed by atoms with E-state index >= 15 is 0 Å². The van der Waals surface area contributed by atoms with Gasteiger partial charge in [-0.05, 0) is 48.0 Å². The number of nitrogens with zero attached hydrogens (tertiary/aromatic N) is 3. The van der Waals surface area contributed by atoms with E-state index in [4.69, 9.17) is 4.74 Å². The lowest BCUT2D eigenvalue weighted by atomic mass is 9.95. The van der Waals surface area contributed by atoms with Crippen molar-refractivity contribution < 1.29 is 28.7 Å². The number of Topliss-reactive ketones (excluding diaryl/α,β-unsaturated/α-hetero) is 1. The molecule has 1 atom stereocenters. The minimum Gasteiger partial charge on any atom is -0.507 e. The SMILES string of the molecule is COc1cccc(/C(O)=C2\C(=O)C(=O)N(c3nc4ccc(F)cc4s3)C2c2ccc([N+](=O)[O-])cc2)c1. The molecule has 1 aliphatic heterocycles. The number of methoxy groups -OCH3 is 1. The number of ether oxygens (including phenoxy) is 1. The van der Waals surface area contributed by atoms with Gasteiger partial charge in [0, 0.05) is 17.7 Å². The second-order valence-corrected chi connectivity index (χ2v) is 8.87. The Balaban J connectivity index is 1.72. The van der Waals surface area contributed by atoms with Crippen LogP contribution in [-0.2, 0) is 9.59 Å². The minimum absolute atomic E-state index is 0.116. The van der Waals surface area contributed by atoms with Crippen molar-refractivity contribution in [2.24, 2.45) is 0 Å². The Kier molecular flexibility index (Phi) is 5.69. The van der Waals surface area contributed by atoms with Crippen LogP contribution in [0.25, 0.3) is 16.0 Å². The smallest absolute Gasteiger partial charge is 0.301 e. The number of hydrogen-bond donors (Lipinski definition) is 1. The lowest BCUT2D eigenvalue weighted by Gasteiger charge is -2.22. The van der Waals surface area contributed by atoms with E-state index in [1.54, 1.807) is 18.2 Å². The molecule has 36 heavy (non-hydrogen) atoms. The van der Waals surface area contributed by atoms with Crippen molar-refractivity contribution in [2.75, 3.05) is 12.0 Å². The maximum Gasteiger partial charge on any atom is 0.301 e. The number of fused-ring (bicyclic) bond motifs is 1. The Morgan fingerprint density at radius 1 is 1.14 bits per heavy atom. The third-order valence-corrected chi connectivity index (χ3v) is 6.77. The van der Waals surface area contributed by atoms with Crippen molar-refractivity contribution in [1.29, 1.82) is 0 Å². The van der Waals surface area contributed by atoms with Gasteiger partial charge in [-0.25, -0.2) is 9.37 Å². The highest BCUT2D eigenvalue weighted by Gasteiger charge is 2.48. The van der Waals surface area contributed by atoms with Crippen molar-refractivity contribution in [3.63, 3.8) is 0 Å². The summed E-state index contributed by atoms with van der Waals surface area (Å²) in [7, 11) is 1.45. The monoisotopic (exact) mass is 505 g/mol. The van der Waals surface area contributed by atoms with Crippen LogP contribution in [0.1, 0.15) is 17.2 Å². The molecule has 0 saturated carbocycles. The molecule has 1 saturated heterocycles. The summed E-state index contributed by atoms with van der Waals surface area (Å²) in [5.74, 6) is -2.39. The first-order chi connectivity index (χ1) is 17.3. The Hall–Kier alpha value is -4.64. The lowest BCUT2D eigenvalue weighted by Crippen LogP contribution is -2.29. The van der Waals surface area contributed by atoms with Crippen LogP contribution in [0.15, 0.2) is 72.3 Å². The molecule has 1 aliphatic rings. The number of non-ortho nitro benzene ring substituents is 1. The topological polar surface area (TPSA) is 123 Å². The summed E-state index contributed by atoms with van der Waals surface area (Å²) in [4.78, 5) is 42.6. The van der Waals surface area contributed by atoms with Crippen molar-refractivity contribution in [3.8, 4) is 5.75 Å². The summed E-state index contributed by atoms with van der Waals surface area (Å²) in [6.07, 6.45) is 0. The Labute approximate surface area is 206 Å². The minimum atomic E-state index is -1.14. The van der Waals surface area contributed by atoms with Gasteiger partial charge in [-0.2, -0.15) is 0 Å². The number of aliphatic hydroxyl groups is 1. The number of carbonyl (C=O) groups excluding carboxylic acids is 2. The van der Waals surface area contributed by atoms with E-state index in [2.05, 4.69) is 4.98 Å². The van der Waals surface area contributed by atoms with Gasteiger partial charge in [0.25, 0.3) is 11.5 Å². The van der Waals surface area contributed by atoms with Crippen molar-refractivity contribution in [3.05, 3.63) is 99.4 Å². The zero-order valence-corrected chi connectivity index (χ0v) is 19.4. The molecule has 0 aliphatic carbocycles. The van der Waals surface area contributed by atoms with Crippen LogP contribution in [0, 0.1) is 15.9 Å². The Bertz CT molecular complexity index is 1580. The molecule has 2 heterocycles. The highest BCUT2D eigenvalue weighted by molar-refractivity contribution is 7.22. The molecule has 1 fully saturated rings. The maximum absolute atomic E-state index is 13.8. The number of halogens is 1. The standard InChI is InChI=1S/C25H16FN3O6S/c1-35-17-4-2-3-14(11-17)22(30)20-21(13-5-8-16(9-6-13)29(33)34)28(24(32)23(20)31)25-27-18-10-7-15(26)12-19(18)36-25/h2-12,21,30H,1H3/b22-20+. The third kappa shape index (κ3) is 3.85. The number of thiazole rings is 1. The molecule has 4 aromatic rings. The van der Waals surface area contributed by atoms with Gasteiger partial charge in [0.1, 0.15) is 17.3 Å². The lowest BCUT2D eigenvalue weighted by molar-refractivity contribution is -0.384. The molecule has 180 valence electrons. The normalized spacial score (nSPS) is 17.1. The zero-order valence-electron chi connectivity index (χ0n) is 18.5. The van der Waals surface area contributed by atoms with E-state index in [1.165, 1.54) is 55.6 Å². The zero-order chi connectivity index (χ0) is 25.6. The molecule has 3 aromatic carbocycles. The second-order valence-electron chi connectivity index (χ2n) is 7.86. The average molecular weight is 505 g/mol. The van der Waals surface area contributed by atoms with Crippen LogP contribution in [0.2, 0.25) is 0 Å². The fourth-order valence-corrected chi connectivity index (χ4v) is 5.06. The van der Waals surface area contributed by atoms with Gasteiger partial charge in [0.05, 0.1) is 33.9 Å². The van der Waals surface area contributed by atoms with Crippen LogP contribution in [-0.4, -0.2) is 33.8 Å². The van der Waals surface area contributed by atoms with E-state index in [0.29, 0.717) is 21.5 Å². The number of benzene rings is 3. The predicted molar refractivity (Wildman–Crippen MR) is 130 cm³/mol. The fourth-order valence-electron chi connectivity index (χ4n) is 4.04. The number of anilines is 1. The molecule has 9 nitrogen and oxygen atoms in total. The molecule has 0 bridgehead atoms. The molecular weight excluding hydrogens is 489 g/mol. The Morgan fingerprint density at radius 3 is 2.58 bits per heavy atom. The first-order valence-corrected chi connectivity index (χ1v) is 11.4. The van der Waals surface area contributed by atoms with Gasteiger partial charge >= 0.3 is 5.91 Å². The number of amides is 1. The van der Waals surface area contributed by atoms with Crippen molar-refractivity contribution in [1.82, 2.24) is 4.98 Å². The number of nitro groups is 1. The molecule has 1 amide bonds. The number of aromatic nitrogens is 1. The fraction of sp³-hybridized carbons (Fsp3) is 0.0800. The van der Waals surface area contributed by atoms with E-state index in [9.17, 15) is 29.2 Å². The Morgan fingerprint density at radius 2 is 1.89 bits per heavy atom. The van der Waals surface area contributed by atoms with Crippen molar-refractivity contribution >= 4 is 49.8 Å². The average Bonchev–Trinajstić information content (AvgIpc) is 3.41. The van der Waals surface area contributed by atoms with Crippen LogP contribution < -0.4 is 9.64 Å². The van der Waals surface area contributed by atoms with Crippen molar-refractivity contribution in [2.45, 2.75) is 6.04 Å². The van der Waals surface area contributed by atoms with Gasteiger partial charge in [0.15, 0.2) is 5.13 Å². The van der Waals surface area contributed by atoms with E-state index in [1.807, 2.05) is 0 Å². The molecule has 0 radical (unpaired) electrons. The largest absolute Gasteiger partial charge is 0.507 e. The van der Waals surface area contributed by atoms with Gasteiger partial charge < -0.3 is 9.84 Å². The third-order valence-electron chi connectivity index (χ3n) is 5.75. The van der Waals surface area contributed by atoms with Crippen LogP contribution in [0.3, 0.4) is 0 Å². The first kappa shape index (κ1) is 23.1. The van der Waals surface area contributed by atoms with Crippen LogP contribution in [0.4, 0.5) is 15.2 Å². The highest BCUT2D eigenvalue weighted by Crippen LogP contribution is 2.44. The summed E-state index contributed by atoms with van der Waals surface area (Å²) in [5, 5.41) is 22.5. The molecule has 1 N–H and O–H groups in total. The number of hydrogen-bond acceptors (Lipinski definition) is 8. The van der Waals surface area contributed by atoms with Gasteiger partial charge in [0.2, 0.25) is 0 Å².